The van der Waals surface area contributed by atoms with Crippen molar-refractivity contribution in [3.05, 3.63) is 37.9 Å². The third-order valence-electron chi connectivity index (χ3n) is 3.09. The largest absolute Gasteiger partial charge is 0.423 e. The number of alkyl halides is 3. The van der Waals surface area contributed by atoms with E-state index in [1.165, 1.54) is 12.0 Å². The van der Waals surface area contributed by atoms with Gasteiger partial charge in [-0.3, -0.25) is 20.2 Å². The van der Waals surface area contributed by atoms with Gasteiger partial charge >= 0.3 is 17.6 Å². The highest BCUT2D eigenvalue weighted by atomic mass is 19.4. The smallest absolute Gasteiger partial charge is 0.383 e. The van der Waals surface area contributed by atoms with Crippen LogP contribution >= 0.6 is 0 Å². The van der Waals surface area contributed by atoms with Gasteiger partial charge < -0.3 is 9.64 Å². The molecule has 8 nitrogen and oxygen atoms in total. The molecule has 23 heavy (non-hydrogen) atoms. The lowest BCUT2D eigenvalue weighted by Crippen LogP contribution is -2.28. The van der Waals surface area contributed by atoms with Gasteiger partial charge in [0.05, 0.1) is 16.5 Å². The number of nitrogens with zero attached hydrogens (tertiary/aromatic N) is 3. The molecule has 0 spiro atoms. The predicted molar refractivity (Wildman–Crippen MR) is 74.5 cm³/mol. The zero-order valence-corrected chi connectivity index (χ0v) is 12.3. The van der Waals surface area contributed by atoms with Crippen LogP contribution in [0.5, 0.6) is 0 Å². The van der Waals surface area contributed by atoms with Gasteiger partial charge in [-0.05, 0) is 19.1 Å². The van der Waals surface area contributed by atoms with Crippen molar-refractivity contribution < 1.29 is 27.8 Å². The molecule has 0 heterocycles. The Kier molecular flexibility index (Phi) is 5.85. The summed E-state index contributed by atoms with van der Waals surface area (Å²) in [5.74, 6) is 0. The standard InChI is InChI=1S/C12H14F3N3O5/c1-3-16(6-7-23-2)9-5-4-8(12(13,14)15)10(17(19)20)11(9)18(21)22/h4-5H,3,6-7H2,1-2H3. The summed E-state index contributed by atoms with van der Waals surface area (Å²) in [5, 5.41) is 22.2. The summed E-state index contributed by atoms with van der Waals surface area (Å²) in [6.07, 6.45) is -5.07. The van der Waals surface area contributed by atoms with E-state index < -0.39 is 33.0 Å². The Hall–Kier alpha value is -2.43. The van der Waals surface area contributed by atoms with Crippen LogP contribution in [0, 0.1) is 20.2 Å². The summed E-state index contributed by atoms with van der Waals surface area (Å²) in [4.78, 5) is 21.0. The van der Waals surface area contributed by atoms with Crippen LogP contribution in [0.2, 0.25) is 0 Å². The molecule has 0 bridgehead atoms. The van der Waals surface area contributed by atoms with Crippen LogP contribution in [0.3, 0.4) is 0 Å². The van der Waals surface area contributed by atoms with E-state index in [1.807, 2.05) is 0 Å². The van der Waals surface area contributed by atoms with E-state index in [0.717, 1.165) is 6.07 Å². The fraction of sp³-hybridized carbons (Fsp3) is 0.500. The third-order valence-corrected chi connectivity index (χ3v) is 3.09. The van der Waals surface area contributed by atoms with E-state index in [9.17, 15) is 33.4 Å². The molecule has 0 saturated carbocycles. The van der Waals surface area contributed by atoms with Crippen molar-refractivity contribution in [2.24, 2.45) is 0 Å². The van der Waals surface area contributed by atoms with Gasteiger partial charge in [-0.1, -0.05) is 0 Å². The van der Waals surface area contributed by atoms with E-state index >= 15 is 0 Å². The van der Waals surface area contributed by atoms with Gasteiger partial charge in [0.25, 0.3) is 0 Å². The molecule has 0 N–H and O–H groups in total. The Morgan fingerprint density at radius 3 is 2.13 bits per heavy atom. The van der Waals surface area contributed by atoms with Crippen LogP contribution in [0.15, 0.2) is 12.1 Å². The van der Waals surface area contributed by atoms with Crippen molar-refractivity contribution in [2.45, 2.75) is 13.1 Å². The minimum absolute atomic E-state index is 0.135. The maximum atomic E-state index is 12.9. The summed E-state index contributed by atoms with van der Waals surface area (Å²) in [5.41, 5.74) is -4.64. The lowest BCUT2D eigenvalue weighted by Gasteiger charge is -2.22. The van der Waals surface area contributed by atoms with Gasteiger partial charge in [0.15, 0.2) is 0 Å². The molecule has 0 fully saturated rings. The molecule has 0 radical (unpaired) electrons. The van der Waals surface area contributed by atoms with Crippen LogP contribution in [0.1, 0.15) is 12.5 Å². The zero-order valence-electron chi connectivity index (χ0n) is 12.3. The van der Waals surface area contributed by atoms with Gasteiger partial charge in [0.2, 0.25) is 0 Å². The SMILES string of the molecule is CCN(CCOC)c1ccc(C(F)(F)F)c([N+](=O)[O-])c1[N+](=O)[O-]. The molecule has 128 valence electrons. The van der Waals surface area contributed by atoms with Gasteiger partial charge in [0.1, 0.15) is 11.3 Å². The average molecular weight is 337 g/mol. The molecule has 0 aromatic heterocycles. The lowest BCUT2D eigenvalue weighted by atomic mass is 10.1. The maximum absolute atomic E-state index is 12.9. The maximum Gasteiger partial charge on any atom is 0.423 e. The van der Waals surface area contributed by atoms with E-state index in [2.05, 4.69) is 0 Å². The highest BCUT2D eigenvalue weighted by Crippen LogP contribution is 2.45. The van der Waals surface area contributed by atoms with Gasteiger partial charge in [0, 0.05) is 20.2 Å². The van der Waals surface area contributed by atoms with E-state index in [-0.39, 0.29) is 25.4 Å². The molecular formula is C12H14F3N3O5. The fourth-order valence-corrected chi connectivity index (χ4v) is 2.07. The summed E-state index contributed by atoms with van der Waals surface area (Å²) in [6.45, 7) is 2.10. The van der Waals surface area contributed by atoms with Crippen LogP contribution in [-0.4, -0.2) is 36.7 Å². The number of anilines is 1. The first-order valence-corrected chi connectivity index (χ1v) is 6.42. The van der Waals surface area contributed by atoms with E-state index in [1.54, 1.807) is 6.92 Å². The minimum atomic E-state index is -5.07. The topological polar surface area (TPSA) is 98.8 Å². The molecule has 11 heteroatoms. The number of hydrogen-bond acceptors (Lipinski definition) is 6. The number of benzene rings is 1. The van der Waals surface area contributed by atoms with Crippen molar-refractivity contribution in [3.8, 4) is 0 Å². The second-order valence-electron chi connectivity index (χ2n) is 4.41. The molecular weight excluding hydrogens is 323 g/mol. The van der Waals surface area contributed by atoms with Crippen molar-refractivity contribution in [3.63, 3.8) is 0 Å². The molecule has 1 aromatic carbocycles. The first-order chi connectivity index (χ1) is 10.6. The molecule has 0 aliphatic heterocycles. The molecule has 0 amide bonds. The number of methoxy groups -OCH3 is 1. The van der Waals surface area contributed by atoms with Crippen LogP contribution in [-0.2, 0) is 10.9 Å². The van der Waals surface area contributed by atoms with Gasteiger partial charge in [-0.25, -0.2) is 0 Å². The first kappa shape index (κ1) is 18.6. The monoisotopic (exact) mass is 337 g/mol. The Balaban J connectivity index is 3.64. The molecule has 0 atom stereocenters. The number of likely N-dealkylation sites (N-methyl/N-ethyl adjacent to an activating group) is 1. The number of halogens is 3. The Morgan fingerprint density at radius 1 is 1.17 bits per heavy atom. The van der Waals surface area contributed by atoms with E-state index in [4.69, 9.17) is 4.74 Å². The number of hydrogen-bond donors (Lipinski definition) is 0. The Bertz CT molecular complexity index is 606. The minimum Gasteiger partial charge on any atom is -0.383 e. The average Bonchev–Trinajstić information content (AvgIpc) is 2.45. The number of rotatable bonds is 7. The van der Waals surface area contributed by atoms with Crippen molar-refractivity contribution in [1.82, 2.24) is 0 Å². The molecule has 1 aromatic rings. The second-order valence-corrected chi connectivity index (χ2v) is 4.41. The number of ether oxygens (including phenoxy) is 1. The molecule has 0 aliphatic rings. The summed E-state index contributed by atoms with van der Waals surface area (Å²) in [7, 11) is 1.39. The van der Waals surface area contributed by atoms with E-state index in [0.29, 0.717) is 6.07 Å². The zero-order chi connectivity index (χ0) is 17.8. The second kappa shape index (κ2) is 7.22. The number of nitro groups is 2. The highest BCUT2D eigenvalue weighted by Gasteiger charge is 2.45. The van der Waals surface area contributed by atoms with Crippen molar-refractivity contribution >= 4 is 17.1 Å². The quantitative estimate of drug-likeness (QED) is 0.560. The number of nitro benzene ring substituents is 2. The lowest BCUT2D eigenvalue weighted by molar-refractivity contribution is -0.423. The Labute approximate surface area is 128 Å². The van der Waals surface area contributed by atoms with Crippen LogP contribution in [0.4, 0.5) is 30.2 Å². The third kappa shape index (κ3) is 4.06. The van der Waals surface area contributed by atoms with Gasteiger partial charge in [-0.2, -0.15) is 13.2 Å². The molecule has 0 saturated heterocycles. The summed E-state index contributed by atoms with van der Waals surface area (Å²) < 4.78 is 43.6. The first-order valence-electron chi connectivity index (χ1n) is 6.42. The fourth-order valence-electron chi connectivity index (χ4n) is 2.07. The van der Waals surface area contributed by atoms with Crippen LogP contribution in [0.25, 0.3) is 0 Å². The summed E-state index contributed by atoms with van der Waals surface area (Å²) >= 11 is 0. The normalized spacial score (nSPS) is 11.3. The highest BCUT2D eigenvalue weighted by molar-refractivity contribution is 5.75. The van der Waals surface area contributed by atoms with Crippen molar-refractivity contribution in [2.75, 3.05) is 31.7 Å². The summed E-state index contributed by atoms with van der Waals surface area (Å²) in [6, 6.07) is 1.35. The van der Waals surface area contributed by atoms with Crippen LogP contribution < -0.4 is 4.90 Å². The molecule has 0 aliphatic carbocycles. The van der Waals surface area contributed by atoms with Gasteiger partial charge in [-0.15, -0.1) is 0 Å². The Morgan fingerprint density at radius 2 is 1.74 bits per heavy atom. The predicted octanol–water partition coefficient (Wildman–Crippen LogP) is 2.99. The van der Waals surface area contributed by atoms with Crippen molar-refractivity contribution in [1.29, 1.82) is 0 Å². The molecule has 0 unspecified atom stereocenters. The molecule has 1 rings (SSSR count).